The predicted octanol–water partition coefficient (Wildman–Crippen LogP) is 4.99. The Morgan fingerprint density at radius 2 is 1.55 bits per heavy atom. The van der Waals surface area contributed by atoms with Crippen molar-refractivity contribution in [3.8, 4) is 0 Å². The molecule has 6 heteroatoms. The van der Waals surface area contributed by atoms with Crippen molar-refractivity contribution < 1.29 is 28.6 Å². The minimum Gasteiger partial charge on any atom is -0.463 e. The van der Waals surface area contributed by atoms with Crippen LogP contribution in [0.15, 0.2) is 11.6 Å². The normalized spacial score (nSPS) is 45.4. The molecule has 4 aliphatic rings. The van der Waals surface area contributed by atoms with Gasteiger partial charge in [-0.2, -0.15) is 0 Å². The Kier molecular flexibility index (Phi) is 6.43. The molecule has 0 aromatic rings. The van der Waals surface area contributed by atoms with Crippen molar-refractivity contribution in [1.29, 1.82) is 0 Å². The summed E-state index contributed by atoms with van der Waals surface area (Å²) in [7, 11) is 0. The number of hydrogen-bond acceptors (Lipinski definition) is 6. The van der Waals surface area contributed by atoms with Gasteiger partial charge in [0.1, 0.15) is 18.3 Å². The maximum atomic E-state index is 12.2. The van der Waals surface area contributed by atoms with Gasteiger partial charge in [0.15, 0.2) is 0 Å². The summed E-state index contributed by atoms with van der Waals surface area (Å²) >= 11 is 0. The fourth-order valence-electron chi connectivity index (χ4n) is 8.48. The van der Waals surface area contributed by atoms with Crippen LogP contribution in [0, 0.1) is 34.5 Å². The molecule has 4 saturated carbocycles. The maximum Gasteiger partial charge on any atom is 0.302 e. The molecular formula is C27H40O6. The lowest BCUT2D eigenvalue weighted by molar-refractivity contribution is -0.213. The van der Waals surface area contributed by atoms with Gasteiger partial charge < -0.3 is 14.2 Å². The molecule has 184 valence electrons. The molecule has 0 amide bonds. The van der Waals surface area contributed by atoms with Gasteiger partial charge in [-0.1, -0.05) is 25.5 Å². The number of allylic oxidation sites excluding steroid dienone is 1. The molecule has 0 bridgehead atoms. The monoisotopic (exact) mass is 460 g/mol. The number of fused-ring (bicyclic) bond motifs is 5. The molecule has 0 saturated heterocycles. The van der Waals surface area contributed by atoms with Crippen LogP contribution in [0.3, 0.4) is 0 Å². The quantitative estimate of drug-likeness (QED) is 0.335. The first-order chi connectivity index (χ1) is 15.5. The van der Waals surface area contributed by atoms with Gasteiger partial charge in [-0.3, -0.25) is 14.4 Å². The van der Waals surface area contributed by atoms with Crippen LogP contribution in [0.25, 0.3) is 0 Å². The van der Waals surface area contributed by atoms with E-state index in [2.05, 4.69) is 26.8 Å². The van der Waals surface area contributed by atoms with Crippen LogP contribution in [0.1, 0.15) is 86.5 Å². The van der Waals surface area contributed by atoms with E-state index in [0.717, 1.165) is 44.9 Å². The van der Waals surface area contributed by atoms with E-state index >= 15 is 0 Å². The first-order valence-corrected chi connectivity index (χ1v) is 12.7. The summed E-state index contributed by atoms with van der Waals surface area (Å²) in [5, 5.41) is 0. The van der Waals surface area contributed by atoms with Crippen LogP contribution >= 0.6 is 0 Å². The highest BCUT2D eigenvalue weighted by atomic mass is 16.6. The van der Waals surface area contributed by atoms with Crippen molar-refractivity contribution in [2.75, 3.05) is 0 Å². The van der Waals surface area contributed by atoms with Crippen LogP contribution in [-0.2, 0) is 28.6 Å². The Morgan fingerprint density at radius 1 is 0.879 bits per heavy atom. The van der Waals surface area contributed by atoms with Crippen molar-refractivity contribution in [1.82, 2.24) is 0 Å². The second kappa shape index (κ2) is 8.74. The molecule has 33 heavy (non-hydrogen) atoms. The van der Waals surface area contributed by atoms with E-state index in [9.17, 15) is 14.4 Å². The molecule has 6 nitrogen and oxygen atoms in total. The van der Waals surface area contributed by atoms with Gasteiger partial charge >= 0.3 is 17.9 Å². The summed E-state index contributed by atoms with van der Waals surface area (Å²) < 4.78 is 17.7. The second-order valence-corrected chi connectivity index (χ2v) is 11.4. The van der Waals surface area contributed by atoms with E-state index in [-0.39, 0.29) is 58.9 Å². The summed E-state index contributed by atoms with van der Waals surface area (Å²) in [6.45, 7) is 11.2. The van der Waals surface area contributed by atoms with Gasteiger partial charge in [0.05, 0.1) is 0 Å². The van der Waals surface area contributed by atoms with Crippen molar-refractivity contribution in [2.24, 2.45) is 34.5 Å². The molecule has 4 aliphatic carbocycles. The van der Waals surface area contributed by atoms with Crippen molar-refractivity contribution in [2.45, 2.75) is 105 Å². The second-order valence-electron chi connectivity index (χ2n) is 11.4. The fourth-order valence-corrected chi connectivity index (χ4v) is 8.48. The summed E-state index contributed by atoms with van der Waals surface area (Å²) in [5.41, 5.74) is 1.18. The predicted molar refractivity (Wildman–Crippen MR) is 123 cm³/mol. The zero-order valence-corrected chi connectivity index (χ0v) is 21.0. The standard InChI is InChI=1S/C27H40O6/c1-7-18-8-9-21-25-22(14-24(27(18,21)6)33-17(4)30)26(5)11-10-20(31-15(2)28)12-19(26)13-23(25)32-16(3)29/h7,19-25H,8-14H2,1-6H3/b18-7-/t19?,20-,21+,22+,23-,24-,25+,26+,27-/m1/s1. The first kappa shape index (κ1) is 24.3. The smallest absolute Gasteiger partial charge is 0.302 e. The van der Waals surface area contributed by atoms with Gasteiger partial charge in [-0.25, -0.2) is 0 Å². The minimum absolute atomic E-state index is 0.0381. The zero-order valence-electron chi connectivity index (χ0n) is 21.0. The molecule has 0 spiro atoms. The highest BCUT2D eigenvalue weighted by Gasteiger charge is 2.66. The summed E-state index contributed by atoms with van der Waals surface area (Å²) in [6.07, 6.45) is 8.06. The third kappa shape index (κ3) is 4.01. The van der Waals surface area contributed by atoms with E-state index in [4.69, 9.17) is 14.2 Å². The average molecular weight is 461 g/mol. The lowest BCUT2D eigenvalue weighted by atomic mass is 9.43. The van der Waals surface area contributed by atoms with E-state index in [1.807, 2.05) is 0 Å². The lowest BCUT2D eigenvalue weighted by Crippen LogP contribution is -2.62. The Morgan fingerprint density at radius 3 is 2.15 bits per heavy atom. The van der Waals surface area contributed by atoms with Crippen molar-refractivity contribution in [3.63, 3.8) is 0 Å². The number of hydrogen-bond donors (Lipinski definition) is 0. The topological polar surface area (TPSA) is 78.9 Å². The number of ether oxygens (including phenoxy) is 3. The SMILES string of the molecule is C/C=C1/CC[C@H]2[C@@H]3[C@H](OC(C)=O)CC4C[C@H](OC(C)=O)CC[C@]4(C)[C@H]3C[C@@H](OC(C)=O)[C@]12C. The Hall–Kier alpha value is -1.85. The average Bonchev–Trinajstić information content (AvgIpc) is 3.06. The van der Waals surface area contributed by atoms with Crippen LogP contribution in [0.2, 0.25) is 0 Å². The first-order valence-electron chi connectivity index (χ1n) is 12.7. The van der Waals surface area contributed by atoms with Gasteiger partial charge in [0, 0.05) is 32.1 Å². The molecule has 1 unspecified atom stereocenters. The van der Waals surface area contributed by atoms with Crippen LogP contribution in [0.5, 0.6) is 0 Å². The van der Waals surface area contributed by atoms with Crippen LogP contribution < -0.4 is 0 Å². The van der Waals surface area contributed by atoms with Crippen LogP contribution in [-0.4, -0.2) is 36.2 Å². The van der Waals surface area contributed by atoms with E-state index < -0.39 is 0 Å². The Labute approximate surface area is 197 Å². The Bertz CT molecular complexity index is 848. The number of rotatable bonds is 3. The highest BCUT2D eigenvalue weighted by molar-refractivity contribution is 5.67. The van der Waals surface area contributed by atoms with Crippen molar-refractivity contribution in [3.05, 3.63) is 11.6 Å². The van der Waals surface area contributed by atoms with E-state index in [1.165, 1.54) is 26.3 Å². The van der Waals surface area contributed by atoms with Gasteiger partial charge in [-0.05, 0) is 75.0 Å². The third-order valence-corrected chi connectivity index (χ3v) is 9.84. The summed E-state index contributed by atoms with van der Waals surface area (Å²) in [6, 6.07) is 0. The summed E-state index contributed by atoms with van der Waals surface area (Å²) in [5.74, 6) is 0.441. The molecule has 0 aromatic heterocycles. The molecule has 0 heterocycles. The maximum absolute atomic E-state index is 12.2. The Balaban J connectivity index is 1.74. The molecule has 0 aromatic carbocycles. The number of carbonyl (C=O) groups excluding carboxylic acids is 3. The fraction of sp³-hybridized carbons (Fsp3) is 0.815. The van der Waals surface area contributed by atoms with Gasteiger partial charge in [-0.15, -0.1) is 0 Å². The molecule has 0 N–H and O–H groups in total. The van der Waals surface area contributed by atoms with Gasteiger partial charge in [0.25, 0.3) is 0 Å². The van der Waals surface area contributed by atoms with Gasteiger partial charge in [0.2, 0.25) is 0 Å². The summed E-state index contributed by atoms with van der Waals surface area (Å²) in [4.78, 5) is 35.9. The molecule has 0 aliphatic heterocycles. The zero-order chi connectivity index (χ0) is 24.1. The minimum atomic E-state index is -0.234. The molecule has 4 fully saturated rings. The third-order valence-electron chi connectivity index (χ3n) is 9.84. The molecular weight excluding hydrogens is 420 g/mol. The van der Waals surface area contributed by atoms with E-state index in [1.54, 1.807) is 0 Å². The lowest BCUT2D eigenvalue weighted by Gasteiger charge is -2.63. The molecule has 9 atom stereocenters. The molecule has 4 rings (SSSR count). The van der Waals surface area contributed by atoms with E-state index in [0.29, 0.717) is 11.8 Å². The number of esters is 3. The largest absolute Gasteiger partial charge is 0.463 e. The van der Waals surface area contributed by atoms with Crippen LogP contribution in [0.4, 0.5) is 0 Å². The highest BCUT2D eigenvalue weighted by Crippen LogP contribution is 2.68. The molecule has 0 radical (unpaired) electrons. The van der Waals surface area contributed by atoms with Crippen molar-refractivity contribution >= 4 is 17.9 Å². The number of carbonyl (C=O) groups is 3.